The number of aryl methyl sites for hydroxylation is 1. The second kappa shape index (κ2) is 5.10. The van der Waals surface area contributed by atoms with Crippen molar-refractivity contribution >= 4 is 28.6 Å². The molecule has 18 heavy (non-hydrogen) atoms. The van der Waals surface area contributed by atoms with Crippen LogP contribution in [-0.4, -0.2) is 9.97 Å². The SMILES string of the molecule is Cc1ccc(F)cc1Nc1ccc(C(N)=S)nc1. The predicted octanol–water partition coefficient (Wildman–Crippen LogP) is 2.91. The molecule has 0 unspecified atom stereocenters. The topological polar surface area (TPSA) is 50.9 Å². The van der Waals surface area contributed by atoms with Crippen LogP contribution in [0.3, 0.4) is 0 Å². The van der Waals surface area contributed by atoms with Gasteiger partial charge in [0.2, 0.25) is 0 Å². The van der Waals surface area contributed by atoms with Crippen LogP contribution in [0.1, 0.15) is 11.3 Å². The lowest BCUT2D eigenvalue weighted by molar-refractivity contribution is 0.628. The lowest BCUT2D eigenvalue weighted by atomic mass is 10.2. The lowest BCUT2D eigenvalue weighted by Crippen LogP contribution is -2.11. The standard InChI is InChI=1S/C13H12FN3S/c1-8-2-3-9(14)6-12(8)17-10-4-5-11(13(15)18)16-7-10/h2-7,17H,1H3,(H2,15,18). The third-order valence-electron chi connectivity index (χ3n) is 2.49. The number of rotatable bonds is 3. The molecule has 1 heterocycles. The molecule has 0 bridgehead atoms. The Kier molecular flexibility index (Phi) is 3.53. The van der Waals surface area contributed by atoms with Gasteiger partial charge in [-0.15, -0.1) is 0 Å². The molecule has 0 saturated carbocycles. The lowest BCUT2D eigenvalue weighted by Gasteiger charge is -2.09. The van der Waals surface area contributed by atoms with E-state index in [9.17, 15) is 4.39 Å². The molecule has 0 aliphatic carbocycles. The zero-order valence-corrected chi connectivity index (χ0v) is 10.6. The summed E-state index contributed by atoms with van der Waals surface area (Å²) in [5, 5.41) is 3.09. The molecule has 0 fully saturated rings. The first kappa shape index (κ1) is 12.4. The smallest absolute Gasteiger partial charge is 0.125 e. The molecule has 0 atom stereocenters. The highest BCUT2D eigenvalue weighted by Gasteiger charge is 2.02. The second-order valence-electron chi connectivity index (χ2n) is 3.88. The molecule has 0 spiro atoms. The van der Waals surface area contributed by atoms with E-state index in [2.05, 4.69) is 10.3 Å². The van der Waals surface area contributed by atoms with E-state index in [1.807, 2.05) is 6.92 Å². The van der Waals surface area contributed by atoms with Gasteiger partial charge in [-0.05, 0) is 36.8 Å². The summed E-state index contributed by atoms with van der Waals surface area (Å²) in [5.41, 5.74) is 8.44. The molecule has 0 aliphatic heterocycles. The Balaban J connectivity index is 2.23. The van der Waals surface area contributed by atoms with Crippen LogP contribution >= 0.6 is 12.2 Å². The molecule has 0 saturated heterocycles. The molecule has 0 aliphatic rings. The van der Waals surface area contributed by atoms with Gasteiger partial charge in [-0.3, -0.25) is 4.98 Å². The average Bonchev–Trinajstić information content (AvgIpc) is 2.34. The summed E-state index contributed by atoms with van der Waals surface area (Å²) in [6.07, 6.45) is 1.61. The minimum absolute atomic E-state index is 0.253. The molecule has 1 aromatic carbocycles. The van der Waals surface area contributed by atoms with Gasteiger partial charge in [-0.25, -0.2) is 4.39 Å². The van der Waals surface area contributed by atoms with Crippen molar-refractivity contribution in [3.8, 4) is 0 Å². The van der Waals surface area contributed by atoms with Gasteiger partial charge in [0.1, 0.15) is 10.8 Å². The summed E-state index contributed by atoms with van der Waals surface area (Å²) >= 11 is 4.82. The van der Waals surface area contributed by atoms with Gasteiger partial charge in [-0.1, -0.05) is 18.3 Å². The third-order valence-corrected chi connectivity index (χ3v) is 2.70. The largest absolute Gasteiger partial charge is 0.388 e. The Morgan fingerprint density at radius 1 is 1.33 bits per heavy atom. The van der Waals surface area contributed by atoms with Gasteiger partial charge in [0, 0.05) is 5.69 Å². The van der Waals surface area contributed by atoms with Crippen molar-refractivity contribution in [1.29, 1.82) is 0 Å². The number of nitrogens with one attached hydrogen (secondary N) is 1. The van der Waals surface area contributed by atoms with Crippen LogP contribution in [0.25, 0.3) is 0 Å². The number of benzene rings is 1. The maximum atomic E-state index is 13.1. The molecule has 92 valence electrons. The van der Waals surface area contributed by atoms with Gasteiger partial charge >= 0.3 is 0 Å². The first-order chi connectivity index (χ1) is 8.56. The molecule has 5 heteroatoms. The maximum absolute atomic E-state index is 13.1. The molecule has 3 N–H and O–H groups in total. The zero-order chi connectivity index (χ0) is 13.1. The number of hydrogen-bond acceptors (Lipinski definition) is 3. The van der Waals surface area contributed by atoms with E-state index in [0.717, 1.165) is 11.3 Å². The number of hydrogen-bond donors (Lipinski definition) is 2. The van der Waals surface area contributed by atoms with Crippen molar-refractivity contribution in [2.75, 3.05) is 5.32 Å². The Labute approximate surface area is 110 Å². The van der Waals surface area contributed by atoms with E-state index >= 15 is 0 Å². The molecule has 1 aromatic heterocycles. The Bertz CT molecular complexity index is 581. The van der Waals surface area contributed by atoms with Crippen molar-refractivity contribution in [2.45, 2.75) is 6.92 Å². The number of aromatic nitrogens is 1. The Hall–Kier alpha value is -2.01. The fourth-order valence-electron chi connectivity index (χ4n) is 1.50. The van der Waals surface area contributed by atoms with Crippen LogP contribution in [0, 0.1) is 12.7 Å². The summed E-state index contributed by atoms with van der Waals surface area (Å²) < 4.78 is 13.1. The van der Waals surface area contributed by atoms with Crippen LogP contribution < -0.4 is 11.1 Å². The summed E-state index contributed by atoms with van der Waals surface area (Å²) in [6.45, 7) is 1.90. The number of nitrogens with two attached hydrogens (primary N) is 1. The molecular weight excluding hydrogens is 249 g/mol. The van der Waals surface area contributed by atoms with Gasteiger partial charge in [-0.2, -0.15) is 0 Å². The van der Waals surface area contributed by atoms with Gasteiger partial charge < -0.3 is 11.1 Å². The second-order valence-corrected chi connectivity index (χ2v) is 4.32. The van der Waals surface area contributed by atoms with Crippen molar-refractivity contribution in [3.63, 3.8) is 0 Å². The number of pyridine rings is 1. The number of thiocarbonyl (C=S) groups is 1. The quantitative estimate of drug-likeness (QED) is 0.834. The van der Waals surface area contributed by atoms with E-state index in [-0.39, 0.29) is 10.8 Å². The number of nitrogens with zero attached hydrogens (tertiary/aromatic N) is 1. The van der Waals surface area contributed by atoms with Crippen LogP contribution in [0.5, 0.6) is 0 Å². The van der Waals surface area contributed by atoms with Crippen LogP contribution in [0.15, 0.2) is 36.5 Å². The number of halogens is 1. The highest BCUT2D eigenvalue weighted by Crippen LogP contribution is 2.21. The van der Waals surface area contributed by atoms with Crippen molar-refractivity contribution in [1.82, 2.24) is 4.98 Å². The summed E-state index contributed by atoms with van der Waals surface area (Å²) in [7, 11) is 0. The maximum Gasteiger partial charge on any atom is 0.125 e. The summed E-state index contributed by atoms with van der Waals surface area (Å²) in [4.78, 5) is 4.36. The first-order valence-electron chi connectivity index (χ1n) is 5.35. The Morgan fingerprint density at radius 3 is 2.72 bits per heavy atom. The highest BCUT2D eigenvalue weighted by molar-refractivity contribution is 7.80. The third kappa shape index (κ3) is 2.81. The summed E-state index contributed by atoms with van der Waals surface area (Å²) in [6, 6.07) is 8.10. The summed E-state index contributed by atoms with van der Waals surface area (Å²) in [5.74, 6) is -0.282. The van der Waals surface area contributed by atoms with Gasteiger partial charge in [0.15, 0.2) is 0 Å². The van der Waals surface area contributed by atoms with E-state index in [1.54, 1.807) is 24.4 Å². The fourth-order valence-corrected chi connectivity index (χ4v) is 1.62. The van der Waals surface area contributed by atoms with Gasteiger partial charge in [0.25, 0.3) is 0 Å². The monoisotopic (exact) mass is 261 g/mol. The predicted molar refractivity (Wildman–Crippen MR) is 74.5 cm³/mol. The molecule has 0 radical (unpaired) electrons. The molecule has 2 rings (SSSR count). The molecular formula is C13H12FN3S. The van der Waals surface area contributed by atoms with Crippen molar-refractivity contribution < 1.29 is 4.39 Å². The van der Waals surface area contributed by atoms with E-state index < -0.39 is 0 Å². The minimum Gasteiger partial charge on any atom is -0.388 e. The molecule has 3 nitrogen and oxygen atoms in total. The first-order valence-corrected chi connectivity index (χ1v) is 5.76. The van der Waals surface area contributed by atoms with Crippen LogP contribution in [0.2, 0.25) is 0 Å². The molecule has 2 aromatic rings. The number of anilines is 2. The van der Waals surface area contributed by atoms with Crippen LogP contribution in [0.4, 0.5) is 15.8 Å². The van der Waals surface area contributed by atoms with E-state index in [0.29, 0.717) is 11.4 Å². The van der Waals surface area contributed by atoms with Gasteiger partial charge in [0.05, 0.1) is 17.6 Å². The van der Waals surface area contributed by atoms with E-state index in [4.69, 9.17) is 18.0 Å². The van der Waals surface area contributed by atoms with Crippen LogP contribution in [-0.2, 0) is 0 Å². The van der Waals surface area contributed by atoms with Crippen molar-refractivity contribution in [3.05, 3.63) is 53.6 Å². The highest BCUT2D eigenvalue weighted by atomic mass is 32.1. The zero-order valence-electron chi connectivity index (χ0n) is 9.77. The molecule has 0 amide bonds. The average molecular weight is 261 g/mol. The van der Waals surface area contributed by atoms with Crippen molar-refractivity contribution in [2.24, 2.45) is 5.73 Å². The fraction of sp³-hybridized carbons (Fsp3) is 0.0769. The van der Waals surface area contributed by atoms with E-state index in [1.165, 1.54) is 12.1 Å². The normalized spacial score (nSPS) is 10.1. The Morgan fingerprint density at radius 2 is 2.11 bits per heavy atom. The minimum atomic E-state index is -0.282.